The zero-order valence-electron chi connectivity index (χ0n) is 12.6. The molecule has 2 heterocycles. The van der Waals surface area contributed by atoms with Crippen LogP contribution >= 0.6 is 0 Å². The largest absolute Gasteiger partial charge is 0.466 e. The number of nitrogens with zero attached hydrogens (tertiary/aromatic N) is 3. The van der Waals surface area contributed by atoms with Crippen LogP contribution in [0.5, 0.6) is 5.88 Å². The molecule has 3 rings (SSSR count). The maximum atomic E-state index is 11.9. The van der Waals surface area contributed by atoms with Crippen LogP contribution in [-0.4, -0.2) is 27.3 Å². The molecule has 0 saturated heterocycles. The van der Waals surface area contributed by atoms with Gasteiger partial charge in [-0.3, -0.25) is 9.78 Å². The zero-order valence-corrected chi connectivity index (χ0v) is 12.6. The Morgan fingerprint density at radius 2 is 2.00 bits per heavy atom. The number of nitrogens with one attached hydrogen (secondary N) is 1. The van der Waals surface area contributed by atoms with E-state index in [-0.39, 0.29) is 12.5 Å². The molecule has 1 aromatic carbocycles. The fourth-order valence-corrected chi connectivity index (χ4v) is 2.05. The Kier molecular flexibility index (Phi) is 4.33. The SMILES string of the molecule is Cc1ncccc1NC(=O)COc1ccn(-c2ccccc2)n1. The maximum absolute atomic E-state index is 11.9. The molecule has 1 amide bonds. The molecule has 0 fully saturated rings. The van der Waals surface area contributed by atoms with Crippen molar-refractivity contribution in [3.05, 3.63) is 66.6 Å². The molecule has 6 nitrogen and oxygen atoms in total. The predicted octanol–water partition coefficient (Wildman–Crippen LogP) is 2.59. The quantitative estimate of drug-likeness (QED) is 0.786. The molecule has 0 unspecified atom stereocenters. The number of hydrogen-bond acceptors (Lipinski definition) is 4. The number of amides is 1. The van der Waals surface area contributed by atoms with Crippen molar-refractivity contribution in [2.45, 2.75) is 6.92 Å². The van der Waals surface area contributed by atoms with Crippen molar-refractivity contribution in [1.82, 2.24) is 14.8 Å². The van der Waals surface area contributed by atoms with Crippen molar-refractivity contribution >= 4 is 11.6 Å². The van der Waals surface area contributed by atoms with Crippen LogP contribution < -0.4 is 10.1 Å². The van der Waals surface area contributed by atoms with E-state index in [4.69, 9.17) is 4.74 Å². The van der Waals surface area contributed by atoms with Crippen molar-refractivity contribution in [3.63, 3.8) is 0 Å². The van der Waals surface area contributed by atoms with Crippen LogP contribution in [0.3, 0.4) is 0 Å². The molecule has 2 aromatic heterocycles. The first-order chi connectivity index (χ1) is 11.2. The zero-order chi connectivity index (χ0) is 16.1. The minimum absolute atomic E-state index is 0.111. The Balaban J connectivity index is 1.58. The molecule has 6 heteroatoms. The molecule has 0 saturated carbocycles. The summed E-state index contributed by atoms with van der Waals surface area (Å²) in [7, 11) is 0. The van der Waals surface area contributed by atoms with Crippen LogP contribution in [0.15, 0.2) is 60.9 Å². The Labute approximate surface area is 133 Å². The highest BCUT2D eigenvalue weighted by Gasteiger charge is 2.08. The van der Waals surface area contributed by atoms with Crippen LogP contribution in [0, 0.1) is 6.92 Å². The van der Waals surface area contributed by atoms with Crippen LogP contribution in [0.25, 0.3) is 5.69 Å². The minimum atomic E-state index is -0.254. The van der Waals surface area contributed by atoms with E-state index in [9.17, 15) is 4.79 Å². The fourth-order valence-electron chi connectivity index (χ4n) is 2.05. The first kappa shape index (κ1) is 14.8. The summed E-state index contributed by atoms with van der Waals surface area (Å²) >= 11 is 0. The number of anilines is 1. The van der Waals surface area contributed by atoms with Crippen molar-refractivity contribution in [2.75, 3.05) is 11.9 Å². The Morgan fingerprint density at radius 1 is 1.17 bits per heavy atom. The van der Waals surface area contributed by atoms with Gasteiger partial charge in [0.15, 0.2) is 6.61 Å². The Morgan fingerprint density at radius 3 is 2.78 bits per heavy atom. The number of rotatable bonds is 5. The second kappa shape index (κ2) is 6.74. The van der Waals surface area contributed by atoms with Crippen LogP contribution in [0.2, 0.25) is 0 Å². The number of ether oxygens (including phenoxy) is 1. The molecule has 3 aromatic rings. The van der Waals surface area contributed by atoms with E-state index < -0.39 is 0 Å². The van der Waals surface area contributed by atoms with Gasteiger partial charge in [0.1, 0.15) is 0 Å². The summed E-state index contributed by atoms with van der Waals surface area (Å²) in [6.45, 7) is 1.72. The van der Waals surface area contributed by atoms with Crippen molar-refractivity contribution in [2.24, 2.45) is 0 Å². The summed E-state index contributed by atoms with van der Waals surface area (Å²) in [5.74, 6) is 0.141. The third kappa shape index (κ3) is 3.74. The molecule has 0 atom stereocenters. The van der Waals surface area contributed by atoms with Gasteiger partial charge in [-0.15, -0.1) is 5.10 Å². The molecule has 23 heavy (non-hydrogen) atoms. The van der Waals surface area contributed by atoms with Gasteiger partial charge in [0.25, 0.3) is 5.91 Å². The van der Waals surface area contributed by atoms with Crippen molar-refractivity contribution in [3.8, 4) is 11.6 Å². The lowest BCUT2D eigenvalue weighted by molar-refractivity contribution is -0.118. The number of para-hydroxylation sites is 1. The molecule has 0 spiro atoms. The van der Waals surface area contributed by atoms with Gasteiger partial charge in [-0.05, 0) is 31.2 Å². The Bertz CT molecular complexity index is 799. The molecule has 0 radical (unpaired) electrons. The highest BCUT2D eigenvalue weighted by atomic mass is 16.5. The lowest BCUT2D eigenvalue weighted by Gasteiger charge is -2.07. The monoisotopic (exact) mass is 308 g/mol. The van der Waals surface area contributed by atoms with Crippen molar-refractivity contribution in [1.29, 1.82) is 0 Å². The van der Waals surface area contributed by atoms with Gasteiger partial charge in [0.05, 0.1) is 17.1 Å². The van der Waals surface area contributed by atoms with Gasteiger partial charge in [0.2, 0.25) is 5.88 Å². The third-order valence-electron chi connectivity index (χ3n) is 3.22. The van der Waals surface area contributed by atoms with Crippen LogP contribution in [0.1, 0.15) is 5.69 Å². The lowest BCUT2D eigenvalue weighted by atomic mass is 10.3. The summed E-state index contributed by atoms with van der Waals surface area (Å²) in [5.41, 5.74) is 2.36. The van der Waals surface area contributed by atoms with Gasteiger partial charge in [0, 0.05) is 18.5 Å². The van der Waals surface area contributed by atoms with E-state index in [0.717, 1.165) is 11.4 Å². The molecule has 0 aliphatic heterocycles. The normalized spacial score (nSPS) is 10.3. The summed E-state index contributed by atoms with van der Waals surface area (Å²) in [6.07, 6.45) is 3.46. The average molecular weight is 308 g/mol. The first-order valence-corrected chi connectivity index (χ1v) is 7.18. The van der Waals surface area contributed by atoms with Crippen LogP contribution in [0.4, 0.5) is 5.69 Å². The highest BCUT2D eigenvalue weighted by Crippen LogP contribution is 2.12. The smallest absolute Gasteiger partial charge is 0.262 e. The first-order valence-electron chi connectivity index (χ1n) is 7.18. The molecule has 1 N–H and O–H groups in total. The molecule has 0 aliphatic carbocycles. The number of carbonyl (C=O) groups is 1. The van der Waals surface area contributed by atoms with E-state index in [0.29, 0.717) is 11.6 Å². The topological polar surface area (TPSA) is 69.0 Å². The molecule has 116 valence electrons. The molecular formula is C17H16N4O2. The number of aromatic nitrogens is 3. The summed E-state index contributed by atoms with van der Waals surface area (Å²) in [5, 5.41) is 7.04. The van der Waals surface area contributed by atoms with Gasteiger partial charge in [-0.2, -0.15) is 0 Å². The summed E-state index contributed by atoms with van der Waals surface area (Å²) in [4.78, 5) is 16.0. The number of hydrogen-bond donors (Lipinski definition) is 1. The standard InChI is InChI=1S/C17H16N4O2/c1-13-15(8-5-10-18-13)19-16(22)12-23-17-9-11-21(20-17)14-6-3-2-4-7-14/h2-11H,12H2,1H3,(H,19,22). The second-order valence-corrected chi connectivity index (χ2v) is 4.91. The predicted molar refractivity (Wildman–Crippen MR) is 86.7 cm³/mol. The van der Waals surface area contributed by atoms with Gasteiger partial charge in [-0.25, -0.2) is 4.68 Å². The molecule has 0 aliphatic rings. The Hall–Kier alpha value is -3.15. The van der Waals surface area contributed by atoms with E-state index in [1.807, 2.05) is 37.3 Å². The van der Waals surface area contributed by atoms with E-state index in [2.05, 4.69) is 15.4 Å². The van der Waals surface area contributed by atoms with E-state index >= 15 is 0 Å². The summed E-state index contributed by atoms with van der Waals surface area (Å²) in [6, 6.07) is 15.0. The lowest BCUT2D eigenvalue weighted by Crippen LogP contribution is -2.21. The second-order valence-electron chi connectivity index (χ2n) is 4.91. The van der Waals surface area contributed by atoms with Gasteiger partial charge >= 0.3 is 0 Å². The van der Waals surface area contributed by atoms with Crippen LogP contribution in [-0.2, 0) is 4.79 Å². The number of aryl methyl sites for hydroxylation is 1. The highest BCUT2D eigenvalue weighted by molar-refractivity contribution is 5.92. The minimum Gasteiger partial charge on any atom is -0.466 e. The molecule has 0 bridgehead atoms. The number of benzene rings is 1. The van der Waals surface area contributed by atoms with E-state index in [1.54, 1.807) is 35.3 Å². The van der Waals surface area contributed by atoms with E-state index in [1.165, 1.54) is 0 Å². The molecular weight excluding hydrogens is 292 g/mol. The maximum Gasteiger partial charge on any atom is 0.262 e. The number of carbonyl (C=O) groups excluding carboxylic acids is 1. The summed E-state index contributed by atoms with van der Waals surface area (Å²) < 4.78 is 7.11. The average Bonchev–Trinajstić information content (AvgIpc) is 3.05. The number of pyridine rings is 1. The third-order valence-corrected chi connectivity index (χ3v) is 3.22. The fraction of sp³-hybridized carbons (Fsp3) is 0.118. The van der Waals surface area contributed by atoms with Gasteiger partial charge in [-0.1, -0.05) is 18.2 Å². The van der Waals surface area contributed by atoms with Crippen molar-refractivity contribution < 1.29 is 9.53 Å². The van der Waals surface area contributed by atoms with Gasteiger partial charge < -0.3 is 10.1 Å².